The van der Waals surface area contributed by atoms with Crippen LogP contribution in [0, 0.1) is 13.8 Å². The Labute approximate surface area is 200 Å². The molecule has 3 aromatic heterocycles. The van der Waals surface area contributed by atoms with Crippen molar-refractivity contribution < 1.29 is 4.42 Å². The van der Waals surface area contributed by atoms with Crippen molar-refractivity contribution in [2.75, 3.05) is 0 Å². The number of nitrogens with one attached hydrogen (secondary N) is 1. The zero-order chi connectivity index (χ0) is 24.5. The van der Waals surface area contributed by atoms with Crippen LogP contribution >= 0.6 is 0 Å². The van der Waals surface area contributed by atoms with E-state index < -0.39 is 0 Å². The highest BCUT2D eigenvalue weighted by molar-refractivity contribution is 5.80. The Morgan fingerprint density at radius 1 is 1.15 bits per heavy atom. The second-order valence-corrected chi connectivity index (χ2v) is 9.67. The summed E-state index contributed by atoms with van der Waals surface area (Å²) in [6, 6.07) is 9.90. The lowest BCUT2D eigenvalue weighted by Crippen LogP contribution is -2.36. The Balaban J connectivity index is 1.77. The Morgan fingerprint density at radius 2 is 1.91 bits per heavy atom. The first-order chi connectivity index (χ1) is 16.2. The monoisotopic (exact) mass is 462 g/mol. The summed E-state index contributed by atoms with van der Waals surface area (Å²) in [6.07, 6.45) is 3.35. The van der Waals surface area contributed by atoms with Crippen LogP contribution in [0.5, 0.6) is 0 Å². The molecule has 0 amide bonds. The highest BCUT2D eigenvalue weighted by Crippen LogP contribution is 2.30. The van der Waals surface area contributed by atoms with Crippen LogP contribution in [0.25, 0.3) is 10.9 Å². The fourth-order valence-electron chi connectivity index (χ4n) is 4.32. The molecule has 1 N–H and O–H groups in total. The number of rotatable bonds is 9. The zero-order valence-corrected chi connectivity index (χ0v) is 20.9. The van der Waals surface area contributed by atoms with Crippen molar-refractivity contribution in [2.45, 2.75) is 79.1 Å². The first kappa shape index (κ1) is 23.9. The van der Waals surface area contributed by atoms with Crippen molar-refractivity contribution in [1.82, 2.24) is 30.1 Å². The van der Waals surface area contributed by atoms with Crippen molar-refractivity contribution in [3.05, 3.63) is 75.2 Å². The number of hydrogen-bond acceptors (Lipinski definition) is 6. The number of nitrogens with zero attached hydrogens (tertiary/aromatic N) is 5. The number of aryl methyl sites for hydroxylation is 2. The molecule has 0 saturated heterocycles. The smallest absolute Gasteiger partial charge is 0.252 e. The van der Waals surface area contributed by atoms with Gasteiger partial charge in [0.25, 0.3) is 5.56 Å². The summed E-state index contributed by atoms with van der Waals surface area (Å²) in [5.41, 5.74) is 3.61. The van der Waals surface area contributed by atoms with Gasteiger partial charge in [-0.1, -0.05) is 13.8 Å². The predicted molar refractivity (Wildman–Crippen MR) is 132 cm³/mol. The number of fused-ring (bicyclic) bond motifs is 1. The third kappa shape index (κ3) is 4.68. The van der Waals surface area contributed by atoms with E-state index in [2.05, 4.69) is 73.0 Å². The normalized spacial score (nSPS) is 13.1. The highest BCUT2D eigenvalue weighted by Gasteiger charge is 2.31. The molecule has 8 nitrogen and oxygen atoms in total. The van der Waals surface area contributed by atoms with Crippen molar-refractivity contribution in [3.63, 3.8) is 0 Å². The van der Waals surface area contributed by atoms with Gasteiger partial charge in [-0.3, -0.25) is 9.69 Å². The summed E-state index contributed by atoms with van der Waals surface area (Å²) in [5, 5.41) is 13.8. The minimum Gasteiger partial charge on any atom is -0.468 e. The molecule has 3 heterocycles. The van der Waals surface area contributed by atoms with Gasteiger partial charge in [-0.2, -0.15) is 0 Å². The van der Waals surface area contributed by atoms with Crippen molar-refractivity contribution in [3.8, 4) is 0 Å². The topological polar surface area (TPSA) is 92.8 Å². The Bertz CT molecular complexity index is 1320. The first-order valence-electron chi connectivity index (χ1n) is 11.9. The van der Waals surface area contributed by atoms with Crippen LogP contribution in [-0.4, -0.2) is 30.1 Å². The van der Waals surface area contributed by atoms with Crippen molar-refractivity contribution in [1.29, 1.82) is 0 Å². The summed E-state index contributed by atoms with van der Waals surface area (Å²) in [7, 11) is 0. The van der Waals surface area contributed by atoms with Crippen LogP contribution in [0.1, 0.15) is 74.9 Å². The van der Waals surface area contributed by atoms with Crippen molar-refractivity contribution >= 4 is 10.9 Å². The fourth-order valence-corrected chi connectivity index (χ4v) is 4.32. The van der Waals surface area contributed by atoms with Crippen LogP contribution in [-0.2, 0) is 18.6 Å². The molecule has 0 saturated carbocycles. The maximum Gasteiger partial charge on any atom is 0.252 e. The maximum atomic E-state index is 13.1. The molecule has 180 valence electrons. The quantitative estimate of drug-likeness (QED) is 0.375. The summed E-state index contributed by atoms with van der Waals surface area (Å²) < 4.78 is 7.60. The molecule has 1 atom stereocenters. The summed E-state index contributed by atoms with van der Waals surface area (Å²) in [4.78, 5) is 18.4. The van der Waals surface area contributed by atoms with Gasteiger partial charge in [-0.25, -0.2) is 4.68 Å². The van der Waals surface area contributed by atoms with Gasteiger partial charge in [0.05, 0.1) is 24.4 Å². The molecule has 4 aromatic rings. The van der Waals surface area contributed by atoms with Crippen LogP contribution in [0.15, 0.2) is 45.8 Å². The number of aromatic amines is 1. The largest absolute Gasteiger partial charge is 0.468 e. The molecule has 4 rings (SSSR count). The van der Waals surface area contributed by atoms with Crippen LogP contribution in [0.3, 0.4) is 0 Å². The van der Waals surface area contributed by atoms with Gasteiger partial charge in [0.15, 0.2) is 5.82 Å². The Morgan fingerprint density at radius 3 is 2.59 bits per heavy atom. The van der Waals surface area contributed by atoms with Gasteiger partial charge in [0.1, 0.15) is 5.76 Å². The van der Waals surface area contributed by atoms with Gasteiger partial charge in [0, 0.05) is 17.6 Å². The molecule has 0 aliphatic carbocycles. The standard InChI is InChI=1S/C26H34N6O2/c1-7-23(24-28-29-30-32(24)26(5,6)8-2)31(16-21-10-9-11-34-21)15-20-14-19-12-17(3)18(4)13-22(19)27-25(20)33/h9-14,23H,7-8,15-16H2,1-6H3,(H,27,33)/t23-/m1/s1. The lowest BCUT2D eigenvalue weighted by Gasteiger charge is -2.32. The third-order valence-corrected chi connectivity index (χ3v) is 6.91. The predicted octanol–water partition coefficient (Wildman–Crippen LogP) is 5.02. The number of furan rings is 1. The molecular weight excluding hydrogens is 428 g/mol. The first-order valence-corrected chi connectivity index (χ1v) is 11.9. The van der Waals surface area contributed by atoms with Gasteiger partial charge < -0.3 is 9.40 Å². The van der Waals surface area contributed by atoms with E-state index in [4.69, 9.17) is 4.42 Å². The SMILES string of the molecule is CC[C@H](c1nnnn1C(C)(C)CC)N(Cc1ccco1)Cc1cc2cc(C)c(C)cc2[nH]c1=O. The van der Waals surface area contributed by atoms with E-state index in [0.717, 1.165) is 40.9 Å². The molecule has 34 heavy (non-hydrogen) atoms. The van der Waals surface area contributed by atoms with E-state index in [-0.39, 0.29) is 17.1 Å². The van der Waals surface area contributed by atoms with Crippen LogP contribution < -0.4 is 5.56 Å². The lowest BCUT2D eigenvalue weighted by molar-refractivity contribution is 0.140. The van der Waals surface area contributed by atoms with E-state index in [1.165, 1.54) is 5.56 Å². The molecule has 1 aromatic carbocycles. The average Bonchev–Trinajstić information content (AvgIpc) is 3.49. The van der Waals surface area contributed by atoms with E-state index in [9.17, 15) is 4.79 Å². The number of tetrazole rings is 1. The number of aromatic nitrogens is 5. The van der Waals surface area contributed by atoms with Crippen LogP contribution in [0.2, 0.25) is 0 Å². The second kappa shape index (κ2) is 9.54. The zero-order valence-electron chi connectivity index (χ0n) is 20.9. The fraction of sp³-hybridized carbons (Fsp3) is 0.462. The van der Waals surface area contributed by atoms with Gasteiger partial charge in [-0.15, -0.1) is 5.10 Å². The number of pyridine rings is 1. The van der Waals surface area contributed by atoms with Gasteiger partial charge in [-0.05, 0) is 97.8 Å². The molecule has 0 radical (unpaired) electrons. The van der Waals surface area contributed by atoms with E-state index in [0.29, 0.717) is 18.7 Å². The summed E-state index contributed by atoms with van der Waals surface area (Å²) in [6.45, 7) is 13.6. The van der Waals surface area contributed by atoms with Gasteiger partial charge in [0.2, 0.25) is 0 Å². The molecular formula is C26H34N6O2. The summed E-state index contributed by atoms with van der Waals surface area (Å²) in [5.74, 6) is 1.63. The maximum absolute atomic E-state index is 13.1. The molecule has 0 aliphatic heterocycles. The Hall–Kier alpha value is -3.26. The van der Waals surface area contributed by atoms with E-state index in [1.807, 2.05) is 28.9 Å². The van der Waals surface area contributed by atoms with E-state index in [1.54, 1.807) is 6.26 Å². The third-order valence-electron chi connectivity index (χ3n) is 6.91. The molecule has 8 heteroatoms. The van der Waals surface area contributed by atoms with E-state index >= 15 is 0 Å². The minimum atomic E-state index is -0.224. The molecule has 0 aliphatic rings. The van der Waals surface area contributed by atoms with Gasteiger partial charge >= 0.3 is 0 Å². The number of benzene rings is 1. The lowest BCUT2D eigenvalue weighted by atomic mass is 10.0. The number of hydrogen-bond donors (Lipinski definition) is 1. The molecule has 0 spiro atoms. The molecule has 0 bridgehead atoms. The van der Waals surface area contributed by atoms with Crippen molar-refractivity contribution in [2.24, 2.45) is 0 Å². The second-order valence-electron chi connectivity index (χ2n) is 9.67. The average molecular weight is 463 g/mol. The number of H-pyrrole nitrogens is 1. The highest BCUT2D eigenvalue weighted by atomic mass is 16.3. The molecule has 0 fully saturated rings. The Kier molecular flexibility index (Phi) is 6.70. The summed E-state index contributed by atoms with van der Waals surface area (Å²) >= 11 is 0. The molecule has 0 unspecified atom stereocenters. The van der Waals surface area contributed by atoms with Crippen LogP contribution in [0.4, 0.5) is 0 Å². The minimum absolute atomic E-state index is 0.0801.